The van der Waals surface area contributed by atoms with Crippen molar-refractivity contribution in [3.05, 3.63) is 59.2 Å². The van der Waals surface area contributed by atoms with Gasteiger partial charge in [-0.15, -0.1) is 11.8 Å². The predicted molar refractivity (Wildman–Crippen MR) is 92.0 cm³/mol. The second-order valence-corrected chi connectivity index (χ2v) is 6.45. The fourth-order valence-electron chi connectivity index (χ4n) is 2.97. The molecule has 0 radical (unpaired) electrons. The number of ether oxygens (including phenoxy) is 1. The number of rotatable bonds is 5. The lowest BCUT2D eigenvalue weighted by Crippen LogP contribution is -2.40. The highest BCUT2D eigenvalue weighted by Crippen LogP contribution is 2.41. The molecule has 0 fully saturated rings. The summed E-state index contributed by atoms with van der Waals surface area (Å²) in [5, 5.41) is 23.7. The first-order valence-electron chi connectivity index (χ1n) is 7.62. The van der Waals surface area contributed by atoms with Crippen LogP contribution < -0.4 is 10.1 Å². The minimum absolute atomic E-state index is 0.0337. The number of hydrogen-bond donors (Lipinski definition) is 3. The fourth-order valence-corrected chi connectivity index (χ4v) is 3.41. The number of aliphatic hydroxyl groups excluding tert-OH is 1. The molecule has 0 saturated heterocycles. The van der Waals surface area contributed by atoms with Crippen LogP contribution in [-0.4, -0.2) is 36.2 Å². The molecule has 1 aliphatic heterocycles. The average molecular weight is 331 g/mol. The van der Waals surface area contributed by atoms with Gasteiger partial charge in [0.2, 0.25) is 0 Å². The summed E-state index contributed by atoms with van der Waals surface area (Å²) in [7, 11) is 0. The van der Waals surface area contributed by atoms with Crippen molar-refractivity contribution in [2.24, 2.45) is 0 Å². The van der Waals surface area contributed by atoms with Gasteiger partial charge in [-0.05, 0) is 35.6 Å². The van der Waals surface area contributed by atoms with E-state index < -0.39 is 5.60 Å². The highest BCUT2D eigenvalue weighted by Gasteiger charge is 2.38. The first-order chi connectivity index (χ1) is 11.2. The van der Waals surface area contributed by atoms with Crippen molar-refractivity contribution in [2.45, 2.75) is 17.1 Å². The van der Waals surface area contributed by atoms with E-state index in [1.807, 2.05) is 48.7 Å². The Bertz CT molecular complexity index is 692. The van der Waals surface area contributed by atoms with Crippen LogP contribution in [0.5, 0.6) is 5.75 Å². The lowest BCUT2D eigenvalue weighted by Gasteiger charge is -2.30. The molecule has 0 aromatic heterocycles. The minimum Gasteiger partial charge on any atom is -0.488 e. The van der Waals surface area contributed by atoms with Crippen molar-refractivity contribution in [1.29, 1.82) is 0 Å². The quantitative estimate of drug-likeness (QED) is 0.579. The number of benzene rings is 2. The molecule has 2 aromatic carbocycles. The molecule has 0 saturated carbocycles. The summed E-state index contributed by atoms with van der Waals surface area (Å²) in [5.41, 5.74) is 1.40. The molecule has 1 atom stereocenters. The second-order valence-electron chi connectivity index (χ2n) is 5.57. The van der Waals surface area contributed by atoms with Gasteiger partial charge in [-0.2, -0.15) is 0 Å². The molecule has 4 nitrogen and oxygen atoms in total. The zero-order chi connectivity index (χ0) is 16.3. The van der Waals surface area contributed by atoms with Crippen LogP contribution in [0, 0.1) is 0 Å². The molecule has 2 aromatic rings. The highest BCUT2D eigenvalue weighted by atomic mass is 32.2. The largest absolute Gasteiger partial charge is 0.488 e. The lowest BCUT2D eigenvalue weighted by atomic mass is 9.83. The van der Waals surface area contributed by atoms with Crippen molar-refractivity contribution < 1.29 is 14.9 Å². The molecule has 3 rings (SSSR count). The van der Waals surface area contributed by atoms with E-state index in [1.165, 1.54) is 0 Å². The van der Waals surface area contributed by atoms with Gasteiger partial charge in [0, 0.05) is 23.5 Å². The van der Waals surface area contributed by atoms with E-state index in [0.29, 0.717) is 25.4 Å². The summed E-state index contributed by atoms with van der Waals surface area (Å²) in [6.07, 6.45) is 2.01. The molecule has 23 heavy (non-hydrogen) atoms. The first-order valence-corrected chi connectivity index (χ1v) is 8.85. The minimum atomic E-state index is -1.19. The van der Waals surface area contributed by atoms with Crippen molar-refractivity contribution in [1.82, 2.24) is 5.32 Å². The predicted octanol–water partition coefficient (Wildman–Crippen LogP) is 2.12. The molecular formula is C18H21NO3S. The normalized spacial score (nSPS) is 19.4. The van der Waals surface area contributed by atoms with Crippen LogP contribution in [0.3, 0.4) is 0 Å². The molecule has 5 heteroatoms. The summed E-state index contributed by atoms with van der Waals surface area (Å²) >= 11 is 1.63. The van der Waals surface area contributed by atoms with Crippen LogP contribution in [-0.2, 0) is 12.2 Å². The topological polar surface area (TPSA) is 61.7 Å². The molecule has 0 amide bonds. The standard InChI is InChI=1S/C18H21NO3S/c1-23-14-6-7-17-16(10-14)18(21,12-19-8-9-20)15-5-3-2-4-13(15)11-22-17/h2-7,10,19-21H,8-9,11-12H2,1H3. The Morgan fingerprint density at radius 1 is 1.22 bits per heavy atom. The SMILES string of the molecule is CSc1ccc2c(c1)C(O)(CNCCO)c1ccccc1CO2. The second kappa shape index (κ2) is 6.93. The summed E-state index contributed by atoms with van der Waals surface area (Å²) in [6, 6.07) is 13.7. The summed E-state index contributed by atoms with van der Waals surface area (Å²) < 4.78 is 5.93. The third kappa shape index (κ3) is 3.10. The lowest BCUT2D eigenvalue weighted by molar-refractivity contribution is 0.0777. The van der Waals surface area contributed by atoms with Gasteiger partial charge >= 0.3 is 0 Å². The Labute approximate surface area is 140 Å². The number of aliphatic hydroxyl groups is 2. The van der Waals surface area contributed by atoms with Gasteiger partial charge in [-0.25, -0.2) is 0 Å². The van der Waals surface area contributed by atoms with Gasteiger partial charge in [0.1, 0.15) is 18.0 Å². The number of nitrogens with one attached hydrogen (secondary N) is 1. The van der Waals surface area contributed by atoms with Crippen LogP contribution in [0.1, 0.15) is 16.7 Å². The molecule has 0 spiro atoms. The number of fused-ring (bicyclic) bond motifs is 2. The average Bonchev–Trinajstić information content (AvgIpc) is 2.71. The van der Waals surface area contributed by atoms with Crippen molar-refractivity contribution in [3.8, 4) is 5.75 Å². The van der Waals surface area contributed by atoms with Gasteiger partial charge < -0.3 is 20.3 Å². The third-order valence-corrected chi connectivity index (χ3v) is 4.87. The van der Waals surface area contributed by atoms with Gasteiger partial charge in [0.15, 0.2) is 0 Å². The van der Waals surface area contributed by atoms with Crippen molar-refractivity contribution >= 4 is 11.8 Å². The third-order valence-electron chi connectivity index (χ3n) is 4.15. The molecule has 1 heterocycles. The molecule has 122 valence electrons. The van der Waals surface area contributed by atoms with Crippen molar-refractivity contribution in [3.63, 3.8) is 0 Å². The Hall–Kier alpha value is -1.53. The fraction of sp³-hybridized carbons (Fsp3) is 0.333. The molecule has 0 bridgehead atoms. The van der Waals surface area contributed by atoms with E-state index in [1.54, 1.807) is 11.8 Å². The first kappa shape index (κ1) is 16.3. The molecule has 1 unspecified atom stereocenters. The maximum atomic E-state index is 11.6. The van der Waals surface area contributed by atoms with E-state index in [-0.39, 0.29) is 6.61 Å². The zero-order valence-corrected chi connectivity index (χ0v) is 13.9. The Balaban J connectivity index is 2.13. The van der Waals surface area contributed by atoms with Gasteiger partial charge in [0.05, 0.1) is 6.61 Å². The molecule has 3 N–H and O–H groups in total. The Kier molecular flexibility index (Phi) is 4.92. The van der Waals surface area contributed by atoms with E-state index >= 15 is 0 Å². The van der Waals surface area contributed by atoms with Crippen LogP contribution in [0.4, 0.5) is 0 Å². The van der Waals surface area contributed by atoms with E-state index in [2.05, 4.69) is 5.32 Å². The van der Waals surface area contributed by atoms with E-state index in [0.717, 1.165) is 21.6 Å². The Morgan fingerprint density at radius 3 is 2.83 bits per heavy atom. The highest BCUT2D eigenvalue weighted by molar-refractivity contribution is 7.98. The van der Waals surface area contributed by atoms with E-state index in [4.69, 9.17) is 9.84 Å². The smallest absolute Gasteiger partial charge is 0.131 e. The van der Waals surface area contributed by atoms with Crippen LogP contribution in [0.25, 0.3) is 0 Å². The van der Waals surface area contributed by atoms with Gasteiger partial charge in [-0.1, -0.05) is 24.3 Å². The summed E-state index contributed by atoms with van der Waals surface area (Å²) in [6.45, 7) is 1.22. The number of hydrogen-bond acceptors (Lipinski definition) is 5. The van der Waals surface area contributed by atoms with E-state index in [9.17, 15) is 5.11 Å². The van der Waals surface area contributed by atoms with Gasteiger partial charge in [0.25, 0.3) is 0 Å². The maximum Gasteiger partial charge on any atom is 0.131 e. The monoisotopic (exact) mass is 331 g/mol. The van der Waals surface area contributed by atoms with Crippen LogP contribution in [0.15, 0.2) is 47.4 Å². The summed E-state index contributed by atoms with van der Waals surface area (Å²) in [5.74, 6) is 0.701. The molecular weight excluding hydrogens is 310 g/mol. The maximum absolute atomic E-state index is 11.6. The van der Waals surface area contributed by atoms with Crippen LogP contribution >= 0.6 is 11.8 Å². The Morgan fingerprint density at radius 2 is 2.04 bits per heavy atom. The van der Waals surface area contributed by atoms with Gasteiger partial charge in [-0.3, -0.25) is 0 Å². The van der Waals surface area contributed by atoms with Crippen LogP contribution in [0.2, 0.25) is 0 Å². The zero-order valence-electron chi connectivity index (χ0n) is 13.1. The number of thioether (sulfide) groups is 1. The van der Waals surface area contributed by atoms with Crippen molar-refractivity contribution in [2.75, 3.05) is 26.0 Å². The molecule has 1 aliphatic rings. The summed E-state index contributed by atoms with van der Waals surface area (Å²) in [4.78, 5) is 1.08. The molecule has 0 aliphatic carbocycles.